The fraction of sp³-hybridized carbons (Fsp3) is 0.905. The molecule has 0 fully saturated rings. The van der Waals surface area contributed by atoms with Crippen molar-refractivity contribution in [3.05, 3.63) is 0 Å². The molecular formula is C21H39ClO4. The first kappa shape index (κ1) is 25.2. The van der Waals surface area contributed by atoms with Gasteiger partial charge in [0.25, 0.3) is 0 Å². The summed E-state index contributed by atoms with van der Waals surface area (Å²) in [4.78, 5) is 23.5. The van der Waals surface area contributed by atoms with Crippen molar-refractivity contribution >= 4 is 23.5 Å². The summed E-state index contributed by atoms with van der Waals surface area (Å²) in [7, 11) is 0. The van der Waals surface area contributed by atoms with Crippen LogP contribution in [0.2, 0.25) is 0 Å². The van der Waals surface area contributed by atoms with Crippen molar-refractivity contribution in [1.82, 2.24) is 0 Å². The van der Waals surface area contributed by atoms with Gasteiger partial charge in [0, 0.05) is 12.8 Å². The number of ether oxygens (including phenoxy) is 2. The predicted octanol–water partition coefficient (Wildman–Crippen LogP) is 6.18. The Morgan fingerprint density at radius 2 is 1.19 bits per heavy atom. The van der Waals surface area contributed by atoms with Gasteiger partial charge in [-0.15, -0.1) is 11.6 Å². The second-order valence-corrected chi connectivity index (χ2v) is 7.29. The number of carbonyl (C=O) groups excluding carboxylic acids is 2. The van der Waals surface area contributed by atoms with Crippen molar-refractivity contribution in [2.24, 2.45) is 0 Å². The van der Waals surface area contributed by atoms with E-state index in [0.29, 0.717) is 12.8 Å². The maximum Gasteiger partial charge on any atom is 0.306 e. The van der Waals surface area contributed by atoms with Crippen LogP contribution in [0.1, 0.15) is 104 Å². The molecule has 1 atom stereocenters. The Kier molecular flexibility index (Phi) is 18.4. The first-order valence-electron chi connectivity index (χ1n) is 10.5. The number of halogens is 1. The van der Waals surface area contributed by atoms with E-state index in [2.05, 4.69) is 13.8 Å². The highest BCUT2D eigenvalue weighted by atomic mass is 35.5. The molecular weight excluding hydrogens is 352 g/mol. The second kappa shape index (κ2) is 19.0. The first-order chi connectivity index (χ1) is 12.6. The Balaban J connectivity index is 3.69. The van der Waals surface area contributed by atoms with Crippen molar-refractivity contribution < 1.29 is 19.1 Å². The van der Waals surface area contributed by atoms with Crippen molar-refractivity contribution in [2.45, 2.75) is 110 Å². The number of alkyl halides is 1. The minimum Gasteiger partial charge on any atom is -0.462 e. The Bertz CT molecular complexity index is 347. The summed E-state index contributed by atoms with van der Waals surface area (Å²) in [6.45, 7) is 4.42. The summed E-state index contributed by atoms with van der Waals surface area (Å²) < 4.78 is 10.5. The summed E-state index contributed by atoms with van der Waals surface area (Å²) >= 11 is 5.82. The molecule has 154 valence electrons. The summed E-state index contributed by atoms with van der Waals surface area (Å²) in [5.74, 6) is -0.341. The number of carbonyl (C=O) groups is 2. The molecule has 0 N–H and O–H groups in total. The first-order valence-corrected chi connectivity index (χ1v) is 11.1. The molecule has 0 rings (SSSR count). The maximum absolute atomic E-state index is 11.8. The van der Waals surface area contributed by atoms with Gasteiger partial charge in [-0.25, -0.2) is 0 Å². The van der Waals surface area contributed by atoms with Crippen LogP contribution in [0.5, 0.6) is 0 Å². The highest BCUT2D eigenvalue weighted by molar-refractivity contribution is 6.18. The molecule has 0 spiro atoms. The number of hydrogen-bond donors (Lipinski definition) is 0. The predicted molar refractivity (Wildman–Crippen MR) is 108 cm³/mol. The van der Waals surface area contributed by atoms with Gasteiger partial charge in [-0.3, -0.25) is 9.59 Å². The van der Waals surface area contributed by atoms with E-state index in [4.69, 9.17) is 21.1 Å². The average Bonchev–Trinajstić information content (AvgIpc) is 2.64. The van der Waals surface area contributed by atoms with Crippen LogP contribution in [0.3, 0.4) is 0 Å². The van der Waals surface area contributed by atoms with Crippen LogP contribution in [0, 0.1) is 0 Å². The van der Waals surface area contributed by atoms with Gasteiger partial charge in [-0.1, -0.05) is 78.1 Å². The fourth-order valence-electron chi connectivity index (χ4n) is 2.71. The van der Waals surface area contributed by atoms with E-state index in [1.807, 2.05) is 0 Å². The standard InChI is InChI=1S/C21H39ClO4/c1-3-5-7-9-10-12-14-16-21(24)26-19(17-22)18-25-20(23)15-13-11-8-6-4-2/h19H,3-18H2,1-2H3. The largest absolute Gasteiger partial charge is 0.462 e. The lowest BCUT2D eigenvalue weighted by molar-refractivity contribution is -0.157. The van der Waals surface area contributed by atoms with Gasteiger partial charge in [-0.05, 0) is 12.8 Å². The van der Waals surface area contributed by atoms with E-state index in [1.165, 1.54) is 44.9 Å². The number of rotatable bonds is 18. The topological polar surface area (TPSA) is 52.6 Å². The van der Waals surface area contributed by atoms with E-state index in [9.17, 15) is 9.59 Å². The molecule has 0 saturated heterocycles. The summed E-state index contributed by atoms with van der Waals surface area (Å²) in [6, 6.07) is 0. The van der Waals surface area contributed by atoms with Crippen LogP contribution in [0.4, 0.5) is 0 Å². The molecule has 0 bridgehead atoms. The molecule has 0 heterocycles. The Labute approximate surface area is 165 Å². The van der Waals surface area contributed by atoms with Crippen molar-refractivity contribution in [1.29, 1.82) is 0 Å². The van der Waals surface area contributed by atoms with Crippen LogP contribution in [0.15, 0.2) is 0 Å². The van der Waals surface area contributed by atoms with Crippen molar-refractivity contribution in [3.8, 4) is 0 Å². The molecule has 26 heavy (non-hydrogen) atoms. The lowest BCUT2D eigenvalue weighted by Crippen LogP contribution is -2.26. The van der Waals surface area contributed by atoms with Crippen LogP contribution in [-0.4, -0.2) is 30.5 Å². The fourth-order valence-corrected chi connectivity index (χ4v) is 2.86. The van der Waals surface area contributed by atoms with Crippen molar-refractivity contribution in [3.63, 3.8) is 0 Å². The van der Waals surface area contributed by atoms with E-state index in [1.54, 1.807) is 0 Å². The highest BCUT2D eigenvalue weighted by Crippen LogP contribution is 2.10. The third-order valence-electron chi connectivity index (χ3n) is 4.37. The molecule has 0 aromatic heterocycles. The number of unbranched alkanes of at least 4 members (excludes halogenated alkanes) is 10. The molecule has 5 heteroatoms. The molecule has 0 aliphatic rings. The van der Waals surface area contributed by atoms with Crippen LogP contribution >= 0.6 is 11.6 Å². The van der Waals surface area contributed by atoms with E-state index >= 15 is 0 Å². The second-order valence-electron chi connectivity index (χ2n) is 6.98. The number of esters is 2. The van der Waals surface area contributed by atoms with Crippen molar-refractivity contribution in [2.75, 3.05) is 12.5 Å². The van der Waals surface area contributed by atoms with Gasteiger partial charge >= 0.3 is 11.9 Å². The third-order valence-corrected chi connectivity index (χ3v) is 4.71. The lowest BCUT2D eigenvalue weighted by atomic mass is 10.1. The third kappa shape index (κ3) is 16.7. The van der Waals surface area contributed by atoms with Gasteiger partial charge in [0.2, 0.25) is 0 Å². The van der Waals surface area contributed by atoms with Crippen LogP contribution < -0.4 is 0 Å². The summed E-state index contributed by atoms with van der Waals surface area (Å²) in [6.07, 6.45) is 13.9. The van der Waals surface area contributed by atoms with E-state index in [0.717, 1.165) is 32.1 Å². The molecule has 4 nitrogen and oxygen atoms in total. The summed E-state index contributed by atoms with van der Waals surface area (Å²) in [5, 5.41) is 0. The Hall–Kier alpha value is -0.770. The minimum absolute atomic E-state index is 0.0556. The molecule has 0 amide bonds. The van der Waals surface area contributed by atoms with Gasteiger partial charge < -0.3 is 9.47 Å². The molecule has 0 aliphatic carbocycles. The molecule has 0 aliphatic heterocycles. The molecule has 0 radical (unpaired) electrons. The van der Waals surface area contributed by atoms with Crippen LogP contribution in [-0.2, 0) is 19.1 Å². The normalized spacial score (nSPS) is 12.0. The Morgan fingerprint density at radius 3 is 1.69 bits per heavy atom. The monoisotopic (exact) mass is 390 g/mol. The van der Waals surface area contributed by atoms with E-state index in [-0.39, 0.29) is 24.4 Å². The molecule has 0 saturated carbocycles. The van der Waals surface area contributed by atoms with Gasteiger partial charge in [-0.2, -0.15) is 0 Å². The molecule has 0 aromatic rings. The lowest BCUT2D eigenvalue weighted by Gasteiger charge is -2.15. The smallest absolute Gasteiger partial charge is 0.306 e. The zero-order chi connectivity index (χ0) is 19.5. The summed E-state index contributed by atoms with van der Waals surface area (Å²) in [5.41, 5.74) is 0. The van der Waals surface area contributed by atoms with Gasteiger partial charge in [0.05, 0.1) is 5.88 Å². The molecule has 1 unspecified atom stereocenters. The highest BCUT2D eigenvalue weighted by Gasteiger charge is 2.15. The average molecular weight is 391 g/mol. The Morgan fingerprint density at radius 1 is 0.731 bits per heavy atom. The zero-order valence-corrected chi connectivity index (χ0v) is 17.7. The SMILES string of the molecule is CCCCCCCCCC(=O)OC(CCl)COC(=O)CCCCCCC. The molecule has 0 aromatic carbocycles. The zero-order valence-electron chi connectivity index (χ0n) is 16.9. The maximum atomic E-state index is 11.8. The number of hydrogen-bond acceptors (Lipinski definition) is 4. The quantitative estimate of drug-likeness (QED) is 0.159. The van der Waals surface area contributed by atoms with E-state index < -0.39 is 6.10 Å². The van der Waals surface area contributed by atoms with Gasteiger partial charge in [0.1, 0.15) is 12.7 Å². The van der Waals surface area contributed by atoms with Gasteiger partial charge in [0.15, 0.2) is 0 Å². The van der Waals surface area contributed by atoms with Crippen LogP contribution in [0.25, 0.3) is 0 Å². The minimum atomic E-state index is -0.544.